The quantitative estimate of drug-likeness (QED) is 0.808. The Labute approximate surface area is 165 Å². The lowest BCUT2D eigenvalue weighted by atomic mass is 10.0. The summed E-state index contributed by atoms with van der Waals surface area (Å²) in [5, 5.41) is 2.93. The maximum Gasteiger partial charge on any atom is 0.269 e. The van der Waals surface area contributed by atoms with Crippen LogP contribution in [-0.2, 0) is 14.8 Å². The summed E-state index contributed by atoms with van der Waals surface area (Å²) in [6, 6.07) is 12.1. The summed E-state index contributed by atoms with van der Waals surface area (Å²) in [6.45, 7) is 5.96. The topological polar surface area (TPSA) is 83.6 Å². The first kappa shape index (κ1) is 20.1. The van der Waals surface area contributed by atoms with E-state index in [-0.39, 0.29) is 41.8 Å². The molecule has 6 nitrogen and oxygen atoms in total. The first-order valence-electron chi connectivity index (χ1n) is 9.24. The smallest absolute Gasteiger partial charge is 0.269 e. The fourth-order valence-corrected chi connectivity index (χ4v) is 4.87. The predicted octanol–water partition coefficient (Wildman–Crippen LogP) is 3.11. The summed E-state index contributed by atoms with van der Waals surface area (Å²) in [4.78, 5) is 24.6. The largest absolute Gasteiger partial charge is 0.350 e. The molecule has 0 saturated carbocycles. The molecular weight excluding hydrogens is 376 g/mol. The monoisotopic (exact) mass is 400 g/mol. The van der Waals surface area contributed by atoms with E-state index in [0.29, 0.717) is 0 Å². The van der Waals surface area contributed by atoms with E-state index in [1.807, 2.05) is 39.0 Å². The molecule has 1 unspecified atom stereocenters. The maximum atomic E-state index is 12.5. The number of aryl methyl sites for hydroxylation is 2. The molecule has 2 aromatic rings. The Balaban J connectivity index is 1.56. The molecule has 1 atom stereocenters. The number of hydrogen-bond acceptors (Lipinski definition) is 4. The van der Waals surface area contributed by atoms with Gasteiger partial charge < -0.3 is 5.32 Å². The third-order valence-electron chi connectivity index (χ3n) is 5.09. The van der Waals surface area contributed by atoms with Gasteiger partial charge in [0.2, 0.25) is 5.91 Å². The Hall–Kier alpha value is -2.67. The zero-order valence-corrected chi connectivity index (χ0v) is 17.0. The van der Waals surface area contributed by atoms with Crippen LogP contribution in [0.1, 0.15) is 52.9 Å². The lowest BCUT2D eigenvalue weighted by Gasteiger charge is -2.17. The van der Waals surface area contributed by atoms with Gasteiger partial charge in [0, 0.05) is 13.0 Å². The molecule has 2 amide bonds. The molecule has 1 heterocycles. The number of benzene rings is 2. The van der Waals surface area contributed by atoms with Crippen LogP contribution in [0.15, 0.2) is 47.4 Å². The highest BCUT2D eigenvalue weighted by atomic mass is 32.2. The highest BCUT2D eigenvalue weighted by Crippen LogP contribution is 2.30. The van der Waals surface area contributed by atoms with E-state index in [2.05, 4.69) is 5.32 Å². The minimum atomic E-state index is -3.82. The summed E-state index contributed by atoms with van der Waals surface area (Å²) in [7, 11) is -3.82. The Morgan fingerprint density at radius 2 is 1.82 bits per heavy atom. The van der Waals surface area contributed by atoms with Crippen molar-refractivity contribution >= 4 is 21.8 Å². The van der Waals surface area contributed by atoms with Gasteiger partial charge in [-0.25, -0.2) is 12.7 Å². The Bertz CT molecular complexity index is 1030. The van der Waals surface area contributed by atoms with Crippen LogP contribution in [0.3, 0.4) is 0 Å². The van der Waals surface area contributed by atoms with Crippen LogP contribution in [0.5, 0.6) is 0 Å². The third-order valence-corrected chi connectivity index (χ3v) is 6.93. The van der Waals surface area contributed by atoms with Crippen molar-refractivity contribution in [1.29, 1.82) is 0 Å². The van der Waals surface area contributed by atoms with Gasteiger partial charge in [0.15, 0.2) is 0 Å². The van der Waals surface area contributed by atoms with E-state index in [9.17, 15) is 18.0 Å². The average molecular weight is 401 g/mol. The number of carbonyl (C=O) groups excluding carboxylic acids is 2. The normalized spacial score (nSPS) is 16.0. The van der Waals surface area contributed by atoms with E-state index in [4.69, 9.17) is 0 Å². The molecule has 2 aromatic carbocycles. The zero-order chi connectivity index (χ0) is 20.5. The van der Waals surface area contributed by atoms with Crippen molar-refractivity contribution in [1.82, 2.24) is 9.62 Å². The highest BCUT2D eigenvalue weighted by molar-refractivity contribution is 7.90. The van der Waals surface area contributed by atoms with Crippen molar-refractivity contribution in [3.8, 4) is 0 Å². The summed E-state index contributed by atoms with van der Waals surface area (Å²) in [5.74, 6) is -0.702. The zero-order valence-electron chi connectivity index (χ0n) is 16.2. The van der Waals surface area contributed by atoms with Crippen molar-refractivity contribution in [3.63, 3.8) is 0 Å². The lowest BCUT2D eigenvalue weighted by Crippen LogP contribution is -2.32. The van der Waals surface area contributed by atoms with E-state index in [1.54, 1.807) is 12.1 Å². The third kappa shape index (κ3) is 3.80. The minimum Gasteiger partial charge on any atom is -0.350 e. The second kappa shape index (κ2) is 7.75. The van der Waals surface area contributed by atoms with Crippen molar-refractivity contribution in [2.75, 3.05) is 6.54 Å². The number of sulfonamides is 1. The number of carbonyl (C=O) groups is 2. The molecule has 1 aliphatic heterocycles. The molecule has 0 bridgehead atoms. The number of nitrogens with zero attached hydrogens (tertiary/aromatic N) is 1. The van der Waals surface area contributed by atoms with Gasteiger partial charge in [0.05, 0.1) is 11.6 Å². The van der Waals surface area contributed by atoms with Crippen LogP contribution < -0.4 is 5.32 Å². The molecule has 0 aliphatic carbocycles. The van der Waals surface area contributed by atoms with Gasteiger partial charge in [-0.2, -0.15) is 0 Å². The van der Waals surface area contributed by atoms with E-state index in [0.717, 1.165) is 15.4 Å². The number of amides is 2. The average Bonchev–Trinajstić information content (AvgIpc) is 2.85. The van der Waals surface area contributed by atoms with E-state index in [1.165, 1.54) is 17.7 Å². The van der Waals surface area contributed by atoms with Crippen molar-refractivity contribution in [3.05, 3.63) is 64.7 Å². The van der Waals surface area contributed by atoms with Gasteiger partial charge in [0.25, 0.3) is 15.9 Å². The summed E-state index contributed by atoms with van der Waals surface area (Å²) in [5.41, 5.74) is 3.56. The van der Waals surface area contributed by atoms with Crippen LogP contribution >= 0.6 is 0 Å². The van der Waals surface area contributed by atoms with Crippen molar-refractivity contribution < 1.29 is 18.0 Å². The number of nitrogens with one attached hydrogen (secondary N) is 1. The van der Waals surface area contributed by atoms with Gasteiger partial charge in [-0.15, -0.1) is 0 Å². The van der Waals surface area contributed by atoms with Gasteiger partial charge >= 0.3 is 0 Å². The van der Waals surface area contributed by atoms with Gasteiger partial charge in [0.1, 0.15) is 4.90 Å². The molecule has 3 rings (SSSR count). The molecule has 0 fully saturated rings. The number of hydrogen-bond donors (Lipinski definition) is 1. The van der Waals surface area contributed by atoms with E-state index < -0.39 is 15.9 Å². The first-order chi connectivity index (χ1) is 13.2. The molecule has 28 heavy (non-hydrogen) atoms. The molecular formula is C21H24N2O4S. The number of rotatable bonds is 6. The van der Waals surface area contributed by atoms with Gasteiger partial charge in [-0.3, -0.25) is 9.59 Å². The molecule has 0 aromatic heterocycles. The van der Waals surface area contributed by atoms with E-state index >= 15 is 0 Å². The Morgan fingerprint density at radius 1 is 1.11 bits per heavy atom. The predicted molar refractivity (Wildman–Crippen MR) is 106 cm³/mol. The summed E-state index contributed by atoms with van der Waals surface area (Å²) >= 11 is 0. The molecule has 148 valence electrons. The lowest BCUT2D eigenvalue weighted by molar-refractivity contribution is -0.121. The van der Waals surface area contributed by atoms with Crippen LogP contribution in [0, 0.1) is 13.8 Å². The van der Waals surface area contributed by atoms with Crippen molar-refractivity contribution in [2.45, 2.75) is 44.6 Å². The fraction of sp³-hybridized carbons (Fsp3) is 0.333. The second-order valence-electron chi connectivity index (χ2n) is 7.11. The first-order valence-corrected chi connectivity index (χ1v) is 10.7. The molecule has 1 N–H and O–H groups in total. The van der Waals surface area contributed by atoms with Crippen LogP contribution in [-0.4, -0.2) is 31.1 Å². The molecule has 0 spiro atoms. The second-order valence-corrected chi connectivity index (χ2v) is 8.95. The highest BCUT2D eigenvalue weighted by Gasteiger charge is 2.40. The van der Waals surface area contributed by atoms with Crippen LogP contribution in [0.25, 0.3) is 0 Å². The van der Waals surface area contributed by atoms with Crippen LogP contribution in [0.2, 0.25) is 0 Å². The SMILES string of the molecule is Cc1ccc(C(C)NC(=O)CCCN2C(=O)c3ccccc3S2(=O)=O)cc1C. The maximum absolute atomic E-state index is 12.5. The Kier molecular flexibility index (Phi) is 5.56. The molecule has 1 aliphatic rings. The van der Waals surface area contributed by atoms with Crippen LogP contribution in [0.4, 0.5) is 0 Å². The fourth-order valence-electron chi connectivity index (χ4n) is 3.27. The van der Waals surface area contributed by atoms with Gasteiger partial charge in [-0.05, 0) is 56.0 Å². The minimum absolute atomic E-state index is 0.0126. The summed E-state index contributed by atoms with van der Waals surface area (Å²) in [6.07, 6.45) is 0.412. The Morgan fingerprint density at radius 3 is 2.50 bits per heavy atom. The molecule has 0 saturated heterocycles. The summed E-state index contributed by atoms with van der Waals surface area (Å²) < 4.78 is 25.9. The molecule has 7 heteroatoms. The number of fused-ring (bicyclic) bond motifs is 1. The molecule has 0 radical (unpaired) electrons. The van der Waals surface area contributed by atoms with Gasteiger partial charge in [-0.1, -0.05) is 30.3 Å². The van der Waals surface area contributed by atoms with Crippen molar-refractivity contribution in [2.24, 2.45) is 0 Å². The standard InChI is InChI=1S/C21H24N2O4S/c1-14-10-11-17(13-15(14)2)16(3)22-20(24)9-6-12-23-21(25)18-7-4-5-8-19(18)28(23,26)27/h4-5,7-8,10-11,13,16H,6,9,12H2,1-3H3,(H,22,24).